The highest BCUT2D eigenvalue weighted by Crippen LogP contribution is 2.08. The van der Waals surface area contributed by atoms with E-state index < -0.39 is 0 Å². The van der Waals surface area contributed by atoms with Crippen LogP contribution in [0.5, 0.6) is 0 Å². The van der Waals surface area contributed by atoms with Crippen molar-refractivity contribution in [3.8, 4) is 0 Å². The SMILES string of the molecule is CC(C)=CC(Cl)Br. The first kappa shape index (κ1) is 7.51. The molecule has 7 heavy (non-hydrogen) atoms. The second kappa shape index (κ2) is 3.50. The van der Waals surface area contributed by atoms with Crippen molar-refractivity contribution >= 4 is 27.5 Å². The number of rotatable bonds is 1. The molecule has 0 bridgehead atoms. The lowest BCUT2D eigenvalue weighted by Gasteiger charge is -1.88. The summed E-state index contributed by atoms with van der Waals surface area (Å²) in [7, 11) is 0. The molecular weight excluding hydrogens is 175 g/mol. The molecule has 2 heteroatoms. The average molecular weight is 183 g/mol. The fourth-order valence-electron chi connectivity index (χ4n) is 0.252. The monoisotopic (exact) mass is 182 g/mol. The third-order valence-electron chi connectivity index (χ3n) is 0.459. The quantitative estimate of drug-likeness (QED) is 0.433. The largest absolute Gasteiger partial charge is 0.107 e. The van der Waals surface area contributed by atoms with E-state index in [9.17, 15) is 0 Å². The number of alkyl halides is 2. The lowest BCUT2D eigenvalue weighted by molar-refractivity contribution is 1.35. The van der Waals surface area contributed by atoms with Crippen LogP contribution in [0.2, 0.25) is 0 Å². The van der Waals surface area contributed by atoms with Gasteiger partial charge in [0.15, 0.2) is 0 Å². The average Bonchev–Trinajstić information content (AvgIpc) is 1.27. The molecule has 0 aromatic heterocycles. The molecule has 0 spiro atoms. The molecule has 0 fully saturated rings. The molecule has 0 saturated carbocycles. The topological polar surface area (TPSA) is 0 Å². The maximum atomic E-state index is 5.51. The van der Waals surface area contributed by atoms with Gasteiger partial charge >= 0.3 is 0 Å². The Labute approximate surface area is 57.7 Å². The van der Waals surface area contributed by atoms with Crippen molar-refractivity contribution in [2.45, 2.75) is 18.1 Å². The summed E-state index contributed by atoms with van der Waals surface area (Å²) in [5.74, 6) is 0. The van der Waals surface area contributed by atoms with Crippen LogP contribution in [-0.2, 0) is 0 Å². The summed E-state index contributed by atoms with van der Waals surface area (Å²) in [5, 5.41) is 0. The highest BCUT2D eigenvalue weighted by atomic mass is 79.9. The summed E-state index contributed by atoms with van der Waals surface area (Å²) in [4.78, 5) is 0. The third kappa shape index (κ3) is 6.51. The molecule has 0 saturated heterocycles. The highest BCUT2D eigenvalue weighted by molar-refractivity contribution is 9.10. The van der Waals surface area contributed by atoms with Gasteiger partial charge < -0.3 is 0 Å². The predicted molar refractivity (Wildman–Crippen MR) is 38.0 cm³/mol. The molecule has 0 aliphatic heterocycles. The first-order valence-electron chi connectivity index (χ1n) is 2.06. The van der Waals surface area contributed by atoms with Gasteiger partial charge in [-0.2, -0.15) is 0 Å². The first-order chi connectivity index (χ1) is 3.13. The van der Waals surface area contributed by atoms with E-state index in [1.165, 1.54) is 5.57 Å². The van der Waals surface area contributed by atoms with Crippen molar-refractivity contribution in [1.29, 1.82) is 0 Å². The van der Waals surface area contributed by atoms with Gasteiger partial charge in [0.25, 0.3) is 0 Å². The lowest BCUT2D eigenvalue weighted by Crippen LogP contribution is -1.75. The molecular formula is C5H8BrCl. The van der Waals surface area contributed by atoms with Gasteiger partial charge in [-0.25, -0.2) is 0 Å². The van der Waals surface area contributed by atoms with Gasteiger partial charge in [0, 0.05) is 0 Å². The van der Waals surface area contributed by atoms with Crippen LogP contribution in [0.3, 0.4) is 0 Å². The molecule has 0 aliphatic carbocycles. The van der Waals surface area contributed by atoms with E-state index in [-0.39, 0.29) is 4.29 Å². The molecule has 0 nitrogen and oxygen atoms in total. The smallest absolute Gasteiger partial charge is 0.106 e. The van der Waals surface area contributed by atoms with Crippen LogP contribution in [0.4, 0.5) is 0 Å². The van der Waals surface area contributed by atoms with Gasteiger partial charge in [-0.1, -0.05) is 27.6 Å². The molecule has 0 heterocycles. The van der Waals surface area contributed by atoms with E-state index in [0.717, 1.165) is 0 Å². The number of hydrogen-bond acceptors (Lipinski definition) is 0. The van der Waals surface area contributed by atoms with Crippen molar-refractivity contribution in [3.05, 3.63) is 11.6 Å². The molecule has 42 valence electrons. The van der Waals surface area contributed by atoms with Crippen LogP contribution < -0.4 is 0 Å². The van der Waals surface area contributed by atoms with Crippen molar-refractivity contribution in [2.75, 3.05) is 0 Å². The van der Waals surface area contributed by atoms with Crippen LogP contribution in [0, 0.1) is 0 Å². The van der Waals surface area contributed by atoms with Gasteiger partial charge in [-0.05, 0) is 13.8 Å². The summed E-state index contributed by atoms with van der Waals surface area (Å²) >= 11 is 8.68. The molecule has 0 radical (unpaired) electrons. The molecule has 0 aromatic carbocycles. The Balaban J connectivity index is 3.45. The zero-order chi connectivity index (χ0) is 5.86. The minimum atomic E-state index is -0.00231. The molecule has 1 unspecified atom stereocenters. The standard InChI is InChI=1S/C5H8BrCl/c1-4(2)3-5(6)7/h3,5H,1-2H3. The maximum Gasteiger partial charge on any atom is 0.107 e. The highest BCUT2D eigenvalue weighted by Gasteiger charge is 1.87. The van der Waals surface area contributed by atoms with Crippen molar-refractivity contribution in [3.63, 3.8) is 0 Å². The second-order valence-corrected chi connectivity index (χ2v) is 3.56. The molecule has 0 rings (SSSR count). The van der Waals surface area contributed by atoms with E-state index in [2.05, 4.69) is 15.9 Å². The Morgan fingerprint density at radius 2 is 2.14 bits per heavy atom. The fraction of sp³-hybridized carbons (Fsp3) is 0.600. The zero-order valence-electron chi connectivity index (χ0n) is 4.41. The van der Waals surface area contributed by atoms with E-state index >= 15 is 0 Å². The van der Waals surface area contributed by atoms with E-state index in [4.69, 9.17) is 11.6 Å². The first-order valence-corrected chi connectivity index (χ1v) is 3.41. The van der Waals surface area contributed by atoms with Crippen LogP contribution in [0.25, 0.3) is 0 Å². The molecule has 0 amide bonds. The van der Waals surface area contributed by atoms with E-state index in [1.807, 2.05) is 19.9 Å². The molecule has 0 N–H and O–H groups in total. The number of halogens is 2. The fourth-order valence-corrected chi connectivity index (χ4v) is 1.03. The molecule has 1 atom stereocenters. The van der Waals surface area contributed by atoms with Gasteiger partial charge in [0.1, 0.15) is 4.29 Å². The summed E-state index contributed by atoms with van der Waals surface area (Å²) in [6.07, 6.45) is 1.93. The van der Waals surface area contributed by atoms with Crippen LogP contribution in [0.1, 0.15) is 13.8 Å². The van der Waals surface area contributed by atoms with Gasteiger partial charge in [-0.3, -0.25) is 0 Å². The number of allylic oxidation sites excluding steroid dienone is 2. The number of hydrogen-bond donors (Lipinski definition) is 0. The minimum Gasteiger partial charge on any atom is -0.106 e. The predicted octanol–water partition coefficient (Wildman–Crippen LogP) is 2.91. The summed E-state index contributed by atoms with van der Waals surface area (Å²) in [6, 6.07) is 0. The van der Waals surface area contributed by atoms with Crippen LogP contribution >= 0.6 is 27.5 Å². The van der Waals surface area contributed by atoms with Crippen molar-refractivity contribution in [1.82, 2.24) is 0 Å². The Morgan fingerprint density at radius 3 is 2.14 bits per heavy atom. The Bertz CT molecular complexity index is 72.1. The minimum absolute atomic E-state index is 0.00231. The van der Waals surface area contributed by atoms with Gasteiger partial charge in [0.05, 0.1) is 0 Å². The molecule has 0 aromatic rings. The van der Waals surface area contributed by atoms with E-state index in [0.29, 0.717) is 0 Å². The van der Waals surface area contributed by atoms with E-state index in [1.54, 1.807) is 0 Å². The normalized spacial score (nSPS) is 13.1. The summed E-state index contributed by atoms with van der Waals surface area (Å²) in [6.45, 7) is 4.02. The Kier molecular flexibility index (Phi) is 3.76. The molecule has 0 aliphatic rings. The summed E-state index contributed by atoms with van der Waals surface area (Å²) in [5.41, 5.74) is 1.23. The second-order valence-electron chi connectivity index (χ2n) is 1.58. The summed E-state index contributed by atoms with van der Waals surface area (Å²) < 4.78 is -0.00231. The lowest BCUT2D eigenvalue weighted by atomic mass is 10.3. The zero-order valence-corrected chi connectivity index (χ0v) is 6.75. The maximum absolute atomic E-state index is 5.51. The Hall–Kier alpha value is 0.510. The van der Waals surface area contributed by atoms with Crippen molar-refractivity contribution < 1.29 is 0 Å². The van der Waals surface area contributed by atoms with Crippen LogP contribution in [-0.4, -0.2) is 4.29 Å². The van der Waals surface area contributed by atoms with Gasteiger partial charge in [-0.15, -0.1) is 11.6 Å². The van der Waals surface area contributed by atoms with Crippen molar-refractivity contribution in [2.24, 2.45) is 0 Å². The van der Waals surface area contributed by atoms with Crippen LogP contribution in [0.15, 0.2) is 11.6 Å². The third-order valence-corrected chi connectivity index (χ3v) is 0.850. The Morgan fingerprint density at radius 1 is 1.71 bits per heavy atom. The van der Waals surface area contributed by atoms with Gasteiger partial charge in [0.2, 0.25) is 0 Å².